The molecule has 5 nitrogen and oxygen atoms in total. The molecular weight excluding hydrogens is 274 g/mol. The van der Waals surface area contributed by atoms with E-state index in [9.17, 15) is 5.11 Å². The van der Waals surface area contributed by atoms with Crippen LogP contribution in [0.4, 0.5) is 0 Å². The first-order valence-corrected chi connectivity index (χ1v) is 5.23. The van der Waals surface area contributed by atoms with Crippen LogP contribution in [-0.4, -0.2) is 18.8 Å². The van der Waals surface area contributed by atoms with Gasteiger partial charge in [0.1, 0.15) is 0 Å². The fourth-order valence-corrected chi connectivity index (χ4v) is 1.59. The van der Waals surface area contributed by atoms with E-state index in [4.69, 9.17) is 10.3 Å². The maximum atomic E-state index is 9.82. The summed E-state index contributed by atoms with van der Waals surface area (Å²) in [5, 5.41) is 13.2. The van der Waals surface area contributed by atoms with Crippen LogP contribution in [0.2, 0.25) is 0 Å². The Hall–Kier alpha value is -1.65. The Labute approximate surface area is 101 Å². The lowest BCUT2D eigenvalue weighted by molar-refractivity contribution is 0.372. The van der Waals surface area contributed by atoms with Crippen molar-refractivity contribution in [2.75, 3.05) is 13.7 Å². The Morgan fingerprint density at radius 1 is 1.62 bits per heavy atom. The summed E-state index contributed by atoms with van der Waals surface area (Å²) < 4.78 is 5.72. The molecule has 0 saturated heterocycles. The third-order valence-corrected chi connectivity index (χ3v) is 2.57. The van der Waals surface area contributed by atoms with Crippen molar-refractivity contribution in [1.82, 2.24) is 0 Å². The second-order valence-electron chi connectivity index (χ2n) is 2.83. The van der Waals surface area contributed by atoms with Gasteiger partial charge >= 0.3 is 0 Å². The number of aromatic hydroxyl groups is 1. The van der Waals surface area contributed by atoms with E-state index < -0.39 is 0 Å². The van der Waals surface area contributed by atoms with Crippen LogP contribution in [0.15, 0.2) is 27.8 Å². The highest BCUT2D eigenvalue weighted by atomic mass is 79.9. The molecule has 6 heteroatoms. The third-order valence-electron chi connectivity index (χ3n) is 1.88. The second-order valence-corrected chi connectivity index (χ2v) is 3.68. The van der Waals surface area contributed by atoms with Crippen LogP contribution in [0.3, 0.4) is 0 Å². The highest BCUT2D eigenvalue weighted by molar-refractivity contribution is 9.10. The zero-order chi connectivity index (χ0) is 12.0. The van der Waals surface area contributed by atoms with E-state index in [1.165, 1.54) is 7.11 Å². The maximum absolute atomic E-state index is 9.82. The zero-order valence-electron chi connectivity index (χ0n) is 8.59. The number of halogens is 1. The molecule has 1 aromatic carbocycles. The minimum atomic E-state index is 0.0501. The largest absolute Gasteiger partial charge is 0.504 e. The number of hydrogen-bond acceptors (Lipinski definition) is 3. The fraction of sp³-hybridized carbons (Fsp3) is 0.200. The summed E-state index contributed by atoms with van der Waals surface area (Å²) in [7, 11) is 1.48. The molecule has 0 unspecified atom stereocenters. The van der Waals surface area contributed by atoms with Gasteiger partial charge in [-0.15, -0.1) is 0 Å². The first-order valence-electron chi connectivity index (χ1n) is 4.43. The van der Waals surface area contributed by atoms with Crippen molar-refractivity contribution in [2.45, 2.75) is 0 Å². The Morgan fingerprint density at radius 3 is 3.00 bits per heavy atom. The van der Waals surface area contributed by atoms with Gasteiger partial charge in [0.15, 0.2) is 11.5 Å². The molecule has 0 heterocycles. The molecule has 0 fully saturated rings. The van der Waals surface area contributed by atoms with E-state index >= 15 is 0 Å². The van der Waals surface area contributed by atoms with Crippen molar-refractivity contribution in [3.63, 3.8) is 0 Å². The monoisotopic (exact) mass is 283 g/mol. The van der Waals surface area contributed by atoms with Crippen molar-refractivity contribution in [3.05, 3.63) is 38.7 Å². The molecule has 1 aromatic rings. The standard InChI is InChI=1S/C10H10BrN3O2/c1-16-9-5-4-8(11)7(10(9)15)3-2-6-13-14-12/h2-5,15H,6H2,1H3. The van der Waals surface area contributed by atoms with Crippen LogP contribution in [-0.2, 0) is 0 Å². The van der Waals surface area contributed by atoms with E-state index in [1.54, 1.807) is 24.3 Å². The number of benzene rings is 1. The third kappa shape index (κ3) is 2.92. The summed E-state index contributed by atoms with van der Waals surface area (Å²) in [6.07, 6.45) is 3.32. The van der Waals surface area contributed by atoms with Crippen LogP contribution in [0.25, 0.3) is 16.5 Å². The summed E-state index contributed by atoms with van der Waals surface area (Å²) in [6.45, 7) is 0.236. The average Bonchev–Trinajstić information content (AvgIpc) is 2.28. The molecule has 84 valence electrons. The lowest BCUT2D eigenvalue weighted by Crippen LogP contribution is -1.86. The van der Waals surface area contributed by atoms with Crippen molar-refractivity contribution >= 4 is 22.0 Å². The summed E-state index contributed by atoms with van der Waals surface area (Å²) in [5.41, 5.74) is 8.69. The number of methoxy groups -OCH3 is 1. The lowest BCUT2D eigenvalue weighted by atomic mass is 10.1. The number of phenolic OH excluding ortho intramolecular Hbond substituents is 1. The molecule has 0 saturated carbocycles. The summed E-state index contributed by atoms with van der Waals surface area (Å²) in [5.74, 6) is 0.445. The first kappa shape index (κ1) is 12.4. The van der Waals surface area contributed by atoms with Gasteiger partial charge in [0, 0.05) is 21.5 Å². The SMILES string of the molecule is COc1ccc(Br)c(C=CCN=[N+]=[N-])c1O. The molecule has 0 radical (unpaired) electrons. The maximum Gasteiger partial charge on any atom is 0.166 e. The predicted molar refractivity (Wildman–Crippen MR) is 65.4 cm³/mol. The Balaban J connectivity index is 3.02. The van der Waals surface area contributed by atoms with Gasteiger partial charge < -0.3 is 9.84 Å². The second kappa shape index (κ2) is 6.05. The van der Waals surface area contributed by atoms with Gasteiger partial charge in [-0.3, -0.25) is 0 Å². The Kier molecular flexibility index (Phi) is 4.69. The number of nitrogens with zero attached hydrogens (tertiary/aromatic N) is 3. The summed E-state index contributed by atoms with van der Waals surface area (Å²) in [6, 6.07) is 3.43. The highest BCUT2D eigenvalue weighted by Gasteiger charge is 2.08. The topological polar surface area (TPSA) is 78.2 Å². The number of hydrogen-bond donors (Lipinski definition) is 1. The predicted octanol–water partition coefficient (Wildman–Crippen LogP) is 3.49. The van der Waals surface area contributed by atoms with Crippen LogP contribution < -0.4 is 4.74 Å². The average molecular weight is 284 g/mol. The van der Waals surface area contributed by atoms with E-state index in [0.717, 1.165) is 4.47 Å². The minimum absolute atomic E-state index is 0.0501. The molecular formula is C10H10BrN3O2. The summed E-state index contributed by atoms with van der Waals surface area (Å²) >= 11 is 3.31. The molecule has 0 aliphatic rings. The van der Waals surface area contributed by atoms with Crippen LogP contribution in [0.1, 0.15) is 5.56 Å². The van der Waals surface area contributed by atoms with Crippen LogP contribution in [0, 0.1) is 0 Å². The lowest BCUT2D eigenvalue weighted by Gasteiger charge is -2.07. The number of phenols is 1. The zero-order valence-corrected chi connectivity index (χ0v) is 10.2. The van der Waals surface area contributed by atoms with Crippen molar-refractivity contribution in [2.24, 2.45) is 5.11 Å². The molecule has 0 atom stereocenters. The quantitative estimate of drug-likeness (QED) is 0.522. The van der Waals surface area contributed by atoms with E-state index in [1.807, 2.05) is 0 Å². The molecule has 1 rings (SSSR count). The number of rotatable bonds is 4. The van der Waals surface area contributed by atoms with Gasteiger partial charge in [-0.25, -0.2) is 0 Å². The smallest absolute Gasteiger partial charge is 0.166 e. The van der Waals surface area contributed by atoms with Crippen LogP contribution >= 0.6 is 15.9 Å². The van der Waals surface area contributed by atoms with E-state index in [2.05, 4.69) is 26.0 Å². The molecule has 0 aromatic heterocycles. The normalized spacial score (nSPS) is 10.1. The number of azide groups is 1. The van der Waals surface area contributed by atoms with Crippen molar-refractivity contribution in [3.8, 4) is 11.5 Å². The fourth-order valence-electron chi connectivity index (χ4n) is 1.14. The molecule has 0 aliphatic carbocycles. The van der Waals surface area contributed by atoms with E-state index in [-0.39, 0.29) is 12.3 Å². The highest BCUT2D eigenvalue weighted by Crippen LogP contribution is 2.35. The van der Waals surface area contributed by atoms with Gasteiger partial charge in [0.2, 0.25) is 0 Å². The van der Waals surface area contributed by atoms with Crippen molar-refractivity contribution in [1.29, 1.82) is 0 Å². The number of ether oxygens (including phenoxy) is 1. The van der Waals surface area contributed by atoms with Gasteiger partial charge in [-0.1, -0.05) is 33.2 Å². The van der Waals surface area contributed by atoms with Gasteiger partial charge in [0.05, 0.1) is 7.11 Å². The molecule has 0 amide bonds. The van der Waals surface area contributed by atoms with Crippen molar-refractivity contribution < 1.29 is 9.84 Å². The van der Waals surface area contributed by atoms with Gasteiger partial charge in [-0.2, -0.15) is 0 Å². The molecule has 0 spiro atoms. The van der Waals surface area contributed by atoms with E-state index in [0.29, 0.717) is 11.3 Å². The molecule has 16 heavy (non-hydrogen) atoms. The van der Waals surface area contributed by atoms with Crippen LogP contribution in [0.5, 0.6) is 11.5 Å². The molecule has 0 bridgehead atoms. The summed E-state index contributed by atoms with van der Waals surface area (Å²) in [4.78, 5) is 2.62. The first-order chi connectivity index (χ1) is 7.70. The molecule has 0 aliphatic heterocycles. The minimum Gasteiger partial charge on any atom is -0.504 e. The van der Waals surface area contributed by atoms with Gasteiger partial charge in [0.25, 0.3) is 0 Å². The van der Waals surface area contributed by atoms with Gasteiger partial charge in [-0.05, 0) is 17.7 Å². The molecule has 1 N–H and O–H groups in total. The Morgan fingerprint density at radius 2 is 2.38 bits per heavy atom. The Bertz CT molecular complexity index is 454.